The summed E-state index contributed by atoms with van der Waals surface area (Å²) in [5.74, 6) is 0.921. The predicted octanol–water partition coefficient (Wildman–Crippen LogP) is 2.84. The van der Waals surface area contributed by atoms with E-state index < -0.39 is 9.84 Å². The molecule has 1 aromatic heterocycles. The van der Waals surface area contributed by atoms with Crippen LogP contribution in [0.25, 0.3) is 0 Å². The molecule has 2 atom stereocenters. The fourth-order valence-electron chi connectivity index (χ4n) is 2.83. The molecule has 0 amide bonds. The minimum absolute atomic E-state index is 0.205. The van der Waals surface area contributed by atoms with Crippen LogP contribution in [0.2, 0.25) is 0 Å². The molecular weight excluding hydrogens is 278 g/mol. The molecule has 5 heteroatoms. The number of hydrogen-bond donors (Lipinski definition) is 1. The highest BCUT2D eigenvalue weighted by Crippen LogP contribution is 2.36. The lowest BCUT2D eigenvalue weighted by Gasteiger charge is -2.24. The molecule has 108 valence electrons. The molecule has 1 aromatic rings. The van der Waals surface area contributed by atoms with Gasteiger partial charge < -0.3 is 5.32 Å². The van der Waals surface area contributed by atoms with E-state index in [-0.39, 0.29) is 12.0 Å². The van der Waals surface area contributed by atoms with Gasteiger partial charge in [-0.2, -0.15) is 0 Å². The van der Waals surface area contributed by atoms with Gasteiger partial charge >= 0.3 is 0 Å². The second kappa shape index (κ2) is 5.94. The van der Waals surface area contributed by atoms with E-state index >= 15 is 0 Å². The van der Waals surface area contributed by atoms with Crippen LogP contribution >= 0.6 is 11.3 Å². The Balaban J connectivity index is 2.23. The van der Waals surface area contributed by atoms with Crippen LogP contribution in [0.3, 0.4) is 0 Å². The van der Waals surface area contributed by atoms with Crippen molar-refractivity contribution in [3.8, 4) is 0 Å². The topological polar surface area (TPSA) is 46.2 Å². The van der Waals surface area contributed by atoms with Gasteiger partial charge in [0.15, 0.2) is 9.84 Å². The summed E-state index contributed by atoms with van der Waals surface area (Å²) in [5.41, 5.74) is 1.29. The van der Waals surface area contributed by atoms with Gasteiger partial charge in [-0.15, -0.1) is 11.3 Å². The van der Waals surface area contributed by atoms with Crippen LogP contribution in [0, 0.1) is 19.8 Å². The third kappa shape index (κ3) is 3.58. The molecule has 1 saturated heterocycles. The Bertz CT molecular complexity index is 534. The van der Waals surface area contributed by atoms with Gasteiger partial charge in [-0.25, -0.2) is 8.42 Å². The SMILES string of the molecule is CCCNC(c1sc(C)cc1C)C1CCS(=O)(=O)C1. The summed E-state index contributed by atoms with van der Waals surface area (Å²) in [7, 11) is -2.81. The molecule has 1 aliphatic heterocycles. The van der Waals surface area contributed by atoms with E-state index in [2.05, 4.69) is 32.2 Å². The normalized spacial score (nSPS) is 23.6. The molecular formula is C14H23NO2S2. The maximum absolute atomic E-state index is 11.7. The molecule has 1 fully saturated rings. The number of hydrogen-bond acceptors (Lipinski definition) is 4. The number of nitrogens with one attached hydrogen (secondary N) is 1. The van der Waals surface area contributed by atoms with Gasteiger partial charge in [0.2, 0.25) is 0 Å². The summed E-state index contributed by atoms with van der Waals surface area (Å²) < 4.78 is 23.4. The lowest BCUT2D eigenvalue weighted by atomic mass is 9.96. The average molecular weight is 301 g/mol. The van der Waals surface area contributed by atoms with Crippen LogP contribution in [0.1, 0.15) is 41.1 Å². The summed E-state index contributed by atoms with van der Waals surface area (Å²) in [6.45, 7) is 7.33. The van der Waals surface area contributed by atoms with Gasteiger partial charge in [0.25, 0.3) is 0 Å². The van der Waals surface area contributed by atoms with E-state index in [1.807, 2.05) is 0 Å². The Kier molecular flexibility index (Phi) is 4.69. The predicted molar refractivity (Wildman–Crippen MR) is 81.6 cm³/mol. The Morgan fingerprint density at radius 3 is 2.68 bits per heavy atom. The Labute approximate surface area is 120 Å². The average Bonchev–Trinajstić information content (AvgIpc) is 2.83. The van der Waals surface area contributed by atoms with E-state index in [1.165, 1.54) is 15.3 Å². The van der Waals surface area contributed by atoms with Gasteiger partial charge in [-0.1, -0.05) is 6.92 Å². The second-order valence-electron chi connectivity index (χ2n) is 5.50. The molecule has 19 heavy (non-hydrogen) atoms. The lowest BCUT2D eigenvalue weighted by Crippen LogP contribution is -2.29. The van der Waals surface area contributed by atoms with Gasteiger partial charge in [0.05, 0.1) is 11.5 Å². The molecule has 0 radical (unpaired) electrons. The Morgan fingerprint density at radius 2 is 2.21 bits per heavy atom. The molecule has 1 aliphatic rings. The van der Waals surface area contributed by atoms with Crippen molar-refractivity contribution in [1.29, 1.82) is 0 Å². The Morgan fingerprint density at radius 1 is 1.47 bits per heavy atom. The molecule has 0 saturated carbocycles. The van der Waals surface area contributed by atoms with Crippen molar-refractivity contribution in [1.82, 2.24) is 5.32 Å². The van der Waals surface area contributed by atoms with E-state index in [4.69, 9.17) is 0 Å². The first-order valence-electron chi connectivity index (χ1n) is 6.93. The molecule has 2 heterocycles. The molecule has 0 spiro atoms. The molecule has 0 bridgehead atoms. The van der Waals surface area contributed by atoms with Crippen LogP contribution in [0.15, 0.2) is 6.07 Å². The summed E-state index contributed by atoms with van der Waals surface area (Å²) >= 11 is 1.80. The lowest BCUT2D eigenvalue weighted by molar-refractivity contribution is 0.397. The van der Waals surface area contributed by atoms with Crippen molar-refractivity contribution >= 4 is 21.2 Å². The quantitative estimate of drug-likeness (QED) is 0.909. The highest BCUT2D eigenvalue weighted by Gasteiger charge is 2.35. The summed E-state index contributed by atoms with van der Waals surface area (Å²) in [5, 5.41) is 3.57. The van der Waals surface area contributed by atoms with Crippen LogP contribution in [-0.2, 0) is 9.84 Å². The van der Waals surface area contributed by atoms with Crippen LogP contribution < -0.4 is 5.32 Å². The highest BCUT2D eigenvalue weighted by molar-refractivity contribution is 7.91. The van der Waals surface area contributed by atoms with Crippen molar-refractivity contribution in [3.05, 3.63) is 21.4 Å². The van der Waals surface area contributed by atoms with Crippen LogP contribution in [-0.4, -0.2) is 26.5 Å². The van der Waals surface area contributed by atoms with Crippen molar-refractivity contribution in [2.45, 2.75) is 39.7 Å². The van der Waals surface area contributed by atoms with Gasteiger partial charge in [-0.05, 0) is 50.8 Å². The molecule has 0 aliphatic carbocycles. The number of rotatable bonds is 5. The monoisotopic (exact) mass is 301 g/mol. The van der Waals surface area contributed by atoms with Crippen LogP contribution in [0.5, 0.6) is 0 Å². The third-order valence-corrected chi connectivity index (χ3v) is 6.74. The summed E-state index contributed by atoms with van der Waals surface area (Å²) in [4.78, 5) is 2.63. The van der Waals surface area contributed by atoms with Crippen LogP contribution in [0.4, 0.5) is 0 Å². The largest absolute Gasteiger partial charge is 0.309 e. The maximum Gasteiger partial charge on any atom is 0.150 e. The van der Waals surface area contributed by atoms with Gasteiger partial charge in [-0.3, -0.25) is 0 Å². The molecule has 1 N–H and O–H groups in total. The second-order valence-corrected chi connectivity index (χ2v) is 9.02. The van der Waals surface area contributed by atoms with E-state index in [0.717, 1.165) is 19.4 Å². The van der Waals surface area contributed by atoms with E-state index in [1.54, 1.807) is 11.3 Å². The summed E-state index contributed by atoms with van der Waals surface area (Å²) in [6, 6.07) is 2.40. The van der Waals surface area contributed by atoms with Crippen molar-refractivity contribution in [3.63, 3.8) is 0 Å². The smallest absolute Gasteiger partial charge is 0.150 e. The van der Waals surface area contributed by atoms with Crippen molar-refractivity contribution < 1.29 is 8.42 Å². The molecule has 0 aromatic carbocycles. The highest BCUT2D eigenvalue weighted by atomic mass is 32.2. The number of thiophene rings is 1. The van der Waals surface area contributed by atoms with Crippen molar-refractivity contribution in [2.75, 3.05) is 18.1 Å². The number of aryl methyl sites for hydroxylation is 2. The zero-order valence-electron chi connectivity index (χ0n) is 11.9. The van der Waals surface area contributed by atoms with Gasteiger partial charge in [0.1, 0.15) is 0 Å². The minimum Gasteiger partial charge on any atom is -0.309 e. The fraction of sp³-hybridized carbons (Fsp3) is 0.714. The van der Waals surface area contributed by atoms with Gasteiger partial charge in [0, 0.05) is 15.8 Å². The molecule has 2 rings (SSSR count). The molecule has 3 nitrogen and oxygen atoms in total. The first-order valence-corrected chi connectivity index (χ1v) is 9.57. The summed E-state index contributed by atoms with van der Waals surface area (Å²) in [6.07, 6.45) is 1.86. The minimum atomic E-state index is -2.81. The Hall–Kier alpha value is -0.390. The zero-order chi connectivity index (χ0) is 14.0. The van der Waals surface area contributed by atoms with E-state index in [9.17, 15) is 8.42 Å². The third-order valence-electron chi connectivity index (χ3n) is 3.72. The number of sulfone groups is 1. The van der Waals surface area contributed by atoms with E-state index in [0.29, 0.717) is 11.5 Å². The van der Waals surface area contributed by atoms with Crippen molar-refractivity contribution in [2.24, 2.45) is 5.92 Å². The first-order chi connectivity index (χ1) is 8.93. The maximum atomic E-state index is 11.7. The molecule has 2 unspecified atom stereocenters. The fourth-order valence-corrected chi connectivity index (χ4v) is 5.87. The zero-order valence-corrected chi connectivity index (χ0v) is 13.5. The first kappa shape index (κ1) is 15.0. The standard InChI is InChI=1S/C14H23NO2S2/c1-4-6-15-13(12-5-7-19(16,17)9-12)14-10(2)8-11(3)18-14/h8,12-13,15H,4-7,9H2,1-3H3.